The summed E-state index contributed by atoms with van der Waals surface area (Å²) >= 11 is 6.17. The molecular formula is C9H7ClFNS. The second-order valence-electron chi connectivity index (χ2n) is 2.84. The van der Waals surface area contributed by atoms with E-state index in [2.05, 4.69) is 4.98 Å². The zero-order valence-corrected chi connectivity index (χ0v) is 8.47. The van der Waals surface area contributed by atoms with Crippen molar-refractivity contribution in [3.63, 3.8) is 0 Å². The number of rotatable bonds is 1. The Morgan fingerprint density at radius 1 is 1.46 bits per heavy atom. The van der Waals surface area contributed by atoms with E-state index in [1.54, 1.807) is 6.20 Å². The molecule has 0 aliphatic carbocycles. The second kappa shape index (κ2) is 3.24. The summed E-state index contributed by atoms with van der Waals surface area (Å²) in [5.74, 6) is 0. The van der Waals surface area contributed by atoms with Gasteiger partial charge in [-0.2, -0.15) is 3.89 Å². The summed E-state index contributed by atoms with van der Waals surface area (Å²) in [6.07, 6.45) is 1.63. The Morgan fingerprint density at radius 3 is 2.92 bits per heavy atom. The number of aromatic nitrogens is 1. The molecular weight excluding hydrogens is 209 g/mol. The predicted octanol–water partition coefficient (Wildman–Crippen LogP) is 4.11. The van der Waals surface area contributed by atoms with E-state index < -0.39 is 0 Å². The van der Waals surface area contributed by atoms with Crippen LogP contribution < -0.4 is 0 Å². The minimum Gasteiger partial charge on any atom is -0.359 e. The summed E-state index contributed by atoms with van der Waals surface area (Å²) in [7, 11) is 0. The lowest BCUT2D eigenvalue weighted by Gasteiger charge is -1.98. The van der Waals surface area contributed by atoms with Gasteiger partial charge in [0.05, 0.1) is 27.6 Å². The van der Waals surface area contributed by atoms with Gasteiger partial charge in [0.1, 0.15) is 0 Å². The average Bonchev–Trinajstić information content (AvgIpc) is 2.56. The van der Waals surface area contributed by atoms with Crippen molar-refractivity contribution in [1.82, 2.24) is 4.98 Å². The third kappa shape index (κ3) is 1.32. The maximum Gasteiger partial charge on any atom is 0.0834 e. The van der Waals surface area contributed by atoms with Crippen LogP contribution in [0.2, 0.25) is 5.02 Å². The van der Waals surface area contributed by atoms with Crippen molar-refractivity contribution in [3.05, 3.63) is 28.9 Å². The van der Waals surface area contributed by atoms with Crippen molar-refractivity contribution in [3.8, 4) is 0 Å². The molecule has 0 spiro atoms. The third-order valence-corrected chi connectivity index (χ3v) is 2.84. The number of hydrogen-bond donors (Lipinski definition) is 1. The van der Waals surface area contributed by atoms with Crippen LogP contribution in [0.5, 0.6) is 0 Å². The van der Waals surface area contributed by atoms with Crippen molar-refractivity contribution in [2.24, 2.45) is 0 Å². The molecule has 0 unspecified atom stereocenters. The fourth-order valence-corrected chi connectivity index (χ4v) is 2.07. The van der Waals surface area contributed by atoms with Crippen LogP contribution in [0, 0.1) is 6.92 Å². The fourth-order valence-electron chi connectivity index (χ4n) is 1.41. The number of H-pyrrole nitrogens is 1. The first-order chi connectivity index (χ1) is 6.24. The summed E-state index contributed by atoms with van der Waals surface area (Å²) in [6, 6.07) is 3.70. The molecule has 0 bridgehead atoms. The van der Waals surface area contributed by atoms with Gasteiger partial charge in [0.15, 0.2) is 0 Å². The third-order valence-electron chi connectivity index (χ3n) is 2.04. The van der Waals surface area contributed by atoms with E-state index >= 15 is 0 Å². The number of benzene rings is 1. The number of aromatic amines is 1. The predicted molar refractivity (Wildman–Crippen MR) is 55.0 cm³/mol. The van der Waals surface area contributed by atoms with Gasteiger partial charge in [-0.15, -0.1) is 0 Å². The Morgan fingerprint density at radius 2 is 2.23 bits per heavy atom. The van der Waals surface area contributed by atoms with Crippen molar-refractivity contribution in [1.29, 1.82) is 0 Å². The maximum atomic E-state index is 12.5. The summed E-state index contributed by atoms with van der Waals surface area (Å²) in [5.41, 5.74) is 1.84. The molecule has 1 aromatic heterocycles. The average molecular weight is 216 g/mol. The first-order valence-corrected chi connectivity index (χ1v) is 4.88. The summed E-state index contributed by atoms with van der Waals surface area (Å²) in [5, 5.41) is 1.50. The van der Waals surface area contributed by atoms with Gasteiger partial charge >= 0.3 is 0 Å². The molecule has 0 radical (unpaired) electrons. The van der Waals surface area contributed by atoms with Gasteiger partial charge < -0.3 is 4.98 Å². The minimum atomic E-state index is 0.238. The van der Waals surface area contributed by atoms with Crippen molar-refractivity contribution >= 4 is 34.7 Å². The summed E-state index contributed by atoms with van der Waals surface area (Å²) < 4.78 is 12.5. The highest BCUT2D eigenvalue weighted by Gasteiger charge is 2.09. The van der Waals surface area contributed by atoms with Gasteiger partial charge in [0.2, 0.25) is 0 Å². The SMILES string of the molecule is Cc1ccc(Cl)c2[nH]cc(SF)c12. The summed E-state index contributed by atoms with van der Waals surface area (Å²) in [6.45, 7) is 1.94. The largest absolute Gasteiger partial charge is 0.359 e. The quantitative estimate of drug-likeness (QED) is 0.757. The molecule has 1 aromatic carbocycles. The molecule has 1 heterocycles. The molecule has 1 N–H and O–H groups in total. The second-order valence-corrected chi connectivity index (χ2v) is 3.85. The number of nitrogens with one attached hydrogen (secondary N) is 1. The molecule has 13 heavy (non-hydrogen) atoms. The molecule has 0 aliphatic heterocycles. The molecule has 2 aromatic rings. The molecule has 0 amide bonds. The van der Waals surface area contributed by atoms with Crippen LogP contribution in [0.1, 0.15) is 5.56 Å². The number of aryl methyl sites for hydroxylation is 1. The molecule has 0 fully saturated rings. The van der Waals surface area contributed by atoms with Crippen LogP contribution >= 0.6 is 23.7 Å². The zero-order valence-electron chi connectivity index (χ0n) is 6.90. The molecule has 0 saturated heterocycles. The fraction of sp³-hybridized carbons (Fsp3) is 0.111. The summed E-state index contributed by atoms with van der Waals surface area (Å²) in [4.78, 5) is 3.55. The Labute approximate surface area is 84.6 Å². The molecule has 0 saturated carbocycles. The van der Waals surface area contributed by atoms with E-state index in [-0.39, 0.29) is 12.1 Å². The van der Waals surface area contributed by atoms with Crippen LogP contribution in [-0.2, 0) is 0 Å². The maximum absolute atomic E-state index is 12.5. The number of fused-ring (bicyclic) bond motifs is 1. The molecule has 1 nitrogen and oxygen atoms in total. The number of halogens is 2. The normalized spacial score (nSPS) is 11.0. The minimum absolute atomic E-state index is 0.238. The smallest absolute Gasteiger partial charge is 0.0834 e. The number of hydrogen-bond acceptors (Lipinski definition) is 1. The Bertz CT molecular complexity index is 452. The van der Waals surface area contributed by atoms with E-state index in [0.29, 0.717) is 9.92 Å². The van der Waals surface area contributed by atoms with Crippen molar-refractivity contribution in [2.75, 3.05) is 0 Å². The van der Waals surface area contributed by atoms with Crippen LogP contribution in [0.4, 0.5) is 3.89 Å². The standard InChI is InChI=1S/C9H7ClFNS/c1-5-2-3-6(10)9-8(5)7(13-11)4-12-9/h2-4,12H,1H3. The van der Waals surface area contributed by atoms with Crippen molar-refractivity contribution < 1.29 is 3.89 Å². The van der Waals surface area contributed by atoms with Gasteiger partial charge in [0, 0.05) is 11.6 Å². The zero-order chi connectivity index (χ0) is 9.42. The highest BCUT2D eigenvalue weighted by Crippen LogP contribution is 2.34. The van der Waals surface area contributed by atoms with E-state index in [9.17, 15) is 3.89 Å². The monoisotopic (exact) mass is 215 g/mol. The van der Waals surface area contributed by atoms with Crippen LogP contribution in [0.3, 0.4) is 0 Å². The first-order valence-electron chi connectivity index (χ1n) is 3.79. The molecule has 2 rings (SSSR count). The highest BCUT2D eigenvalue weighted by atomic mass is 35.5. The van der Waals surface area contributed by atoms with Gasteiger partial charge in [-0.05, 0) is 18.6 Å². The lowest BCUT2D eigenvalue weighted by Crippen LogP contribution is -1.76. The lowest BCUT2D eigenvalue weighted by molar-refractivity contribution is 0.936. The molecule has 68 valence electrons. The van der Waals surface area contributed by atoms with Crippen molar-refractivity contribution in [2.45, 2.75) is 11.8 Å². The van der Waals surface area contributed by atoms with Crippen LogP contribution in [0.15, 0.2) is 23.2 Å². The Balaban J connectivity index is 2.87. The first kappa shape index (κ1) is 8.91. The van der Waals surface area contributed by atoms with Gasteiger partial charge in [-0.1, -0.05) is 17.7 Å². The molecule has 0 atom stereocenters. The van der Waals surface area contributed by atoms with Gasteiger partial charge in [-0.25, -0.2) is 0 Å². The van der Waals surface area contributed by atoms with E-state index in [1.807, 2.05) is 19.1 Å². The van der Waals surface area contributed by atoms with E-state index in [4.69, 9.17) is 11.6 Å². The van der Waals surface area contributed by atoms with Crippen LogP contribution in [-0.4, -0.2) is 4.98 Å². The lowest BCUT2D eigenvalue weighted by atomic mass is 10.1. The Kier molecular flexibility index (Phi) is 2.22. The Hall–Kier alpha value is -0.670. The topological polar surface area (TPSA) is 15.8 Å². The highest BCUT2D eigenvalue weighted by molar-refractivity contribution is 7.94. The molecule has 4 heteroatoms. The van der Waals surface area contributed by atoms with E-state index in [0.717, 1.165) is 16.5 Å². The van der Waals surface area contributed by atoms with Crippen LogP contribution in [0.25, 0.3) is 10.9 Å². The van der Waals surface area contributed by atoms with E-state index in [1.165, 1.54) is 0 Å². The van der Waals surface area contributed by atoms with Gasteiger partial charge in [0.25, 0.3) is 0 Å². The molecule has 0 aliphatic rings. The van der Waals surface area contributed by atoms with Gasteiger partial charge in [-0.3, -0.25) is 0 Å².